The van der Waals surface area contributed by atoms with Crippen molar-refractivity contribution in [2.45, 2.75) is 44.6 Å². The third-order valence-corrected chi connectivity index (χ3v) is 6.37. The van der Waals surface area contributed by atoms with Crippen molar-refractivity contribution in [3.8, 4) is 16.9 Å². The molecular weight excluding hydrogens is 352 g/mol. The fourth-order valence-electron chi connectivity index (χ4n) is 4.18. The number of ether oxygens (including phenoxy) is 1. The molecule has 0 aromatic heterocycles. The first kappa shape index (κ1) is 18.4. The third-order valence-electron chi connectivity index (χ3n) is 5.66. The van der Waals surface area contributed by atoms with Crippen molar-refractivity contribution in [3.63, 3.8) is 0 Å². The molecule has 0 radical (unpaired) electrons. The Labute approximate surface area is 167 Å². The molecule has 4 heteroatoms. The van der Waals surface area contributed by atoms with Crippen molar-refractivity contribution in [2.75, 3.05) is 19.4 Å². The van der Waals surface area contributed by atoms with Crippen LogP contribution in [0.1, 0.15) is 37.7 Å². The summed E-state index contributed by atoms with van der Waals surface area (Å²) in [5.41, 5.74) is 3.88. The zero-order valence-corrected chi connectivity index (χ0v) is 16.9. The Kier molecular flexibility index (Phi) is 6.03. The Morgan fingerprint density at radius 1 is 1.15 bits per heavy atom. The van der Waals surface area contributed by atoms with Gasteiger partial charge in [-0.3, -0.25) is 0 Å². The molecule has 1 fully saturated rings. The molecule has 2 aromatic carbocycles. The first-order valence-corrected chi connectivity index (χ1v) is 11.0. The summed E-state index contributed by atoms with van der Waals surface area (Å²) in [6, 6.07) is 18.0. The summed E-state index contributed by atoms with van der Waals surface area (Å²) < 4.78 is 10.0. The largest absolute Gasteiger partial charge is 0.497 e. The number of fused-ring (bicyclic) bond motifs is 1. The maximum atomic E-state index is 5.33. The van der Waals surface area contributed by atoms with Crippen molar-refractivity contribution in [1.82, 2.24) is 4.90 Å². The van der Waals surface area contributed by atoms with Crippen molar-refractivity contribution in [1.29, 1.82) is 0 Å². The molecule has 2 heterocycles. The summed E-state index contributed by atoms with van der Waals surface area (Å²) in [7, 11) is 1.71. The number of benzene rings is 2. The van der Waals surface area contributed by atoms with Gasteiger partial charge in [-0.25, -0.2) is 4.40 Å². The predicted octanol–water partition coefficient (Wildman–Crippen LogP) is 5.60. The van der Waals surface area contributed by atoms with Crippen molar-refractivity contribution < 1.29 is 4.74 Å². The molecular formula is C23H28N2OS. The summed E-state index contributed by atoms with van der Waals surface area (Å²) in [6.45, 7) is 1.18. The van der Waals surface area contributed by atoms with Crippen LogP contribution in [0.5, 0.6) is 5.75 Å². The van der Waals surface area contributed by atoms with Gasteiger partial charge >= 0.3 is 0 Å². The number of piperidine rings is 1. The van der Waals surface area contributed by atoms with E-state index in [1.54, 1.807) is 19.1 Å². The zero-order valence-electron chi connectivity index (χ0n) is 16.1. The summed E-state index contributed by atoms with van der Waals surface area (Å²) in [4.78, 5) is 2.59. The first-order chi connectivity index (χ1) is 13.3. The average Bonchev–Trinajstić information content (AvgIpc) is 2.74. The second-order valence-corrected chi connectivity index (χ2v) is 8.25. The number of rotatable bonds is 6. The molecule has 0 spiro atoms. The number of amidine groups is 1. The lowest BCUT2D eigenvalue weighted by Gasteiger charge is -2.40. The van der Waals surface area contributed by atoms with E-state index in [1.807, 2.05) is 12.1 Å². The molecule has 1 saturated heterocycles. The third kappa shape index (κ3) is 4.49. The number of hydrogen-bond acceptors (Lipinski definition) is 4. The molecule has 2 aromatic rings. The molecule has 0 N–H and O–H groups in total. The molecule has 0 bridgehead atoms. The fourth-order valence-corrected chi connectivity index (χ4v) is 4.90. The Morgan fingerprint density at radius 3 is 2.89 bits per heavy atom. The average molecular weight is 381 g/mol. The van der Waals surface area contributed by atoms with Gasteiger partial charge in [0.2, 0.25) is 0 Å². The summed E-state index contributed by atoms with van der Waals surface area (Å²) in [5, 5.41) is 0. The molecule has 2 aliphatic rings. The monoisotopic (exact) mass is 380 g/mol. The lowest BCUT2D eigenvalue weighted by Crippen LogP contribution is -2.46. The number of aryl methyl sites for hydroxylation is 1. The molecule has 27 heavy (non-hydrogen) atoms. The lowest BCUT2D eigenvalue weighted by molar-refractivity contribution is 0.256. The quantitative estimate of drug-likeness (QED) is 0.610. The van der Waals surface area contributed by atoms with E-state index in [4.69, 9.17) is 4.74 Å². The van der Waals surface area contributed by atoms with Crippen LogP contribution in [0.3, 0.4) is 0 Å². The van der Waals surface area contributed by atoms with Gasteiger partial charge in [-0.05, 0) is 72.9 Å². The highest BCUT2D eigenvalue weighted by Crippen LogP contribution is 2.28. The van der Waals surface area contributed by atoms with Gasteiger partial charge in [0, 0.05) is 24.8 Å². The fraction of sp³-hybridized carbons (Fsp3) is 0.435. The molecule has 142 valence electrons. The normalized spacial score (nSPS) is 19.4. The van der Waals surface area contributed by atoms with Gasteiger partial charge in [-0.2, -0.15) is 0 Å². The highest BCUT2D eigenvalue weighted by molar-refractivity contribution is 7.98. The van der Waals surface area contributed by atoms with Crippen LogP contribution < -0.4 is 4.74 Å². The Morgan fingerprint density at radius 2 is 2.04 bits per heavy atom. The maximum Gasteiger partial charge on any atom is 0.119 e. The molecule has 1 unspecified atom stereocenters. The summed E-state index contributed by atoms with van der Waals surface area (Å²) >= 11 is 1.74. The van der Waals surface area contributed by atoms with Crippen molar-refractivity contribution >= 4 is 17.8 Å². The van der Waals surface area contributed by atoms with E-state index in [0.29, 0.717) is 6.04 Å². The molecule has 0 aliphatic carbocycles. The van der Waals surface area contributed by atoms with Crippen LogP contribution in [0.2, 0.25) is 0 Å². The van der Waals surface area contributed by atoms with Crippen LogP contribution >= 0.6 is 11.9 Å². The number of nitrogens with zero attached hydrogens (tertiary/aromatic N) is 2. The molecule has 2 aliphatic heterocycles. The lowest BCUT2D eigenvalue weighted by atomic mass is 9.95. The van der Waals surface area contributed by atoms with E-state index < -0.39 is 0 Å². The van der Waals surface area contributed by atoms with Gasteiger partial charge in [0.25, 0.3) is 0 Å². The smallest absolute Gasteiger partial charge is 0.119 e. The maximum absolute atomic E-state index is 5.33. The van der Waals surface area contributed by atoms with Crippen LogP contribution in [0.4, 0.5) is 0 Å². The Bertz CT molecular complexity index is 787. The van der Waals surface area contributed by atoms with E-state index in [-0.39, 0.29) is 0 Å². The molecule has 4 rings (SSSR count). The Hall–Kier alpha value is -1.94. The van der Waals surface area contributed by atoms with Crippen molar-refractivity contribution in [2.24, 2.45) is 4.40 Å². The van der Waals surface area contributed by atoms with E-state index in [2.05, 4.69) is 45.7 Å². The minimum absolute atomic E-state index is 0.703. The van der Waals surface area contributed by atoms with Gasteiger partial charge in [0.05, 0.1) is 7.11 Å². The molecule has 1 atom stereocenters. The van der Waals surface area contributed by atoms with E-state index >= 15 is 0 Å². The standard InChI is InChI=1S/C23H28N2OS/c1-26-22-9-3-6-20(17-22)19-13-11-18(12-14-19)5-2-7-21-8-4-10-23-24-27-16-15-25(21)23/h3,6,9,11-14,17,21H,2,4-5,7-8,10,15-16H2,1H3. The predicted molar refractivity (Wildman–Crippen MR) is 116 cm³/mol. The van der Waals surface area contributed by atoms with Crippen molar-refractivity contribution in [3.05, 3.63) is 54.1 Å². The minimum Gasteiger partial charge on any atom is -0.497 e. The number of methoxy groups -OCH3 is 1. The van der Waals surface area contributed by atoms with Crippen LogP contribution in [0.15, 0.2) is 52.9 Å². The SMILES string of the molecule is COc1cccc(-c2ccc(CCCC3CCCC4=NSCCN43)cc2)c1. The van der Waals surface area contributed by atoms with Gasteiger partial charge in [-0.1, -0.05) is 36.4 Å². The second-order valence-electron chi connectivity index (χ2n) is 7.40. The van der Waals surface area contributed by atoms with E-state index in [9.17, 15) is 0 Å². The summed E-state index contributed by atoms with van der Waals surface area (Å²) in [5.74, 6) is 3.40. The first-order valence-electron chi connectivity index (χ1n) is 10.0. The number of hydrogen-bond donors (Lipinski definition) is 0. The van der Waals surface area contributed by atoms with E-state index in [0.717, 1.165) is 17.9 Å². The van der Waals surface area contributed by atoms with Gasteiger partial charge < -0.3 is 9.64 Å². The highest BCUT2D eigenvalue weighted by atomic mass is 32.2. The second kappa shape index (κ2) is 8.83. The highest BCUT2D eigenvalue weighted by Gasteiger charge is 2.27. The molecule has 0 saturated carbocycles. The van der Waals surface area contributed by atoms with E-state index in [1.165, 1.54) is 61.2 Å². The van der Waals surface area contributed by atoms with Gasteiger partial charge in [0.1, 0.15) is 11.6 Å². The molecule has 0 amide bonds. The van der Waals surface area contributed by atoms with Crippen LogP contribution in [-0.2, 0) is 6.42 Å². The van der Waals surface area contributed by atoms with Gasteiger partial charge in [-0.15, -0.1) is 0 Å². The van der Waals surface area contributed by atoms with Gasteiger partial charge in [0.15, 0.2) is 0 Å². The minimum atomic E-state index is 0.703. The Balaban J connectivity index is 1.32. The topological polar surface area (TPSA) is 24.8 Å². The van der Waals surface area contributed by atoms with Crippen LogP contribution in [0, 0.1) is 0 Å². The zero-order chi connectivity index (χ0) is 18.5. The summed E-state index contributed by atoms with van der Waals surface area (Å²) in [6.07, 6.45) is 7.49. The van der Waals surface area contributed by atoms with Crippen LogP contribution in [0.25, 0.3) is 11.1 Å². The van der Waals surface area contributed by atoms with Crippen LogP contribution in [-0.4, -0.2) is 36.2 Å². The molecule has 3 nitrogen and oxygen atoms in total.